The van der Waals surface area contributed by atoms with Gasteiger partial charge in [0, 0.05) is 21.2 Å². The zero-order valence-electron chi connectivity index (χ0n) is 23.9. The molecule has 8 nitrogen and oxygen atoms in total. The predicted molar refractivity (Wildman–Crippen MR) is 167 cm³/mol. The Bertz CT molecular complexity index is 1910. The van der Waals surface area contributed by atoms with Crippen molar-refractivity contribution in [3.05, 3.63) is 118 Å². The number of nitrogens with zero attached hydrogens (tertiary/aromatic N) is 2. The van der Waals surface area contributed by atoms with Crippen molar-refractivity contribution in [3.63, 3.8) is 0 Å². The maximum atomic E-state index is 14.1. The molecule has 1 aromatic heterocycles. The second kappa shape index (κ2) is 13.1. The number of fused-ring (bicyclic) bond motifs is 1. The minimum atomic E-state index is -0.796. The van der Waals surface area contributed by atoms with Gasteiger partial charge in [-0.2, -0.15) is 0 Å². The van der Waals surface area contributed by atoms with Gasteiger partial charge in [-0.25, -0.2) is 9.79 Å². The van der Waals surface area contributed by atoms with Gasteiger partial charge < -0.3 is 18.9 Å². The molecule has 4 aromatic rings. The summed E-state index contributed by atoms with van der Waals surface area (Å²) >= 11 is 13.6. The number of methoxy groups -OCH3 is 2. The molecule has 0 saturated heterocycles. The smallest absolute Gasteiger partial charge is 0.338 e. The number of carbonyl (C=O) groups is 1. The van der Waals surface area contributed by atoms with Crippen LogP contribution in [-0.4, -0.2) is 31.4 Å². The van der Waals surface area contributed by atoms with E-state index in [0.717, 1.165) is 5.56 Å². The Balaban J connectivity index is 1.61. The lowest BCUT2D eigenvalue weighted by Crippen LogP contribution is -2.40. The van der Waals surface area contributed by atoms with E-state index in [2.05, 4.69) is 4.99 Å². The molecule has 1 aliphatic rings. The third-order valence-corrected chi connectivity index (χ3v) is 8.41. The minimum absolute atomic E-state index is 0.177. The van der Waals surface area contributed by atoms with Gasteiger partial charge in [0.15, 0.2) is 16.3 Å². The van der Waals surface area contributed by atoms with Crippen molar-refractivity contribution < 1.29 is 23.7 Å². The second-order valence-electron chi connectivity index (χ2n) is 9.48. The van der Waals surface area contributed by atoms with Gasteiger partial charge in [-0.1, -0.05) is 64.9 Å². The van der Waals surface area contributed by atoms with Crippen molar-refractivity contribution in [2.75, 3.05) is 20.8 Å². The molecule has 0 aliphatic carbocycles. The standard InChI is InChI=1S/C32H28Cl2N2O6S/c1-5-41-31(38)28-18(2)35-32-36(29(28)20-11-13-25(39-3)26(14-20)40-4)30(37)27(43-32)15-19-8-6-7-9-24(19)42-17-21-10-12-22(33)16-23(21)34/h6-16,29H,5,17H2,1-4H3. The number of benzene rings is 3. The van der Waals surface area contributed by atoms with Gasteiger partial charge in [0.05, 0.1) is 42.7 Å². The molecule has 11 heteroatoms. The topological polar surface area (TPSA) is 88.4 Å². The van der Waals surface area contributed by atoms with Crippen LogP contribution in [0.4, 0.5) is 0 Å². The number of carbonyl (C=O) groups excluding carboxylic acids is 1. The van der Waals surface area contributed by atoms with Crippen molar-refractivity contribution in [1.82, 2.24) is 4.57 Å². The van der Waals surface area contributed by atoms with Crippen molar-refractivity contribution in [2.45, 2.75) is 26.5 Å². The highest BCUT2D eigenvalue weighted by Crippen LogP contribution is 2.36. The van der Waals surface area contributed by atoms with Gasteiger partial charge in [-0.15, -0.1) is 0 Å². The second-order valence-corrected chi connectivity index (χ2v) is 11.3. The molecule has 1 unspecified atom stereocenters. The summed E-state index contributed by atoms with van der Waals surface area (Å²) in [5.41, 5.74) is 2.55. The van der Waals surface area contributed by atoms with E-state index in [1.807, 2.05) is 30.3 Å². The van der Waals surface area contributed by atoms with E-state index in [4.69, 9.17) is 42.1 Å². The zero-order valence-corrected chi connectivity index (χ0v) is 26.2. The number of hydrogen-bond donors (Lipinski definition) is 0. The average Bonchev–Trinajstić information content (AvgIpc) is 3.30. The summed E-state index contributed by atoms with van der Waals surface area (Å²) in [4.78, 5) is 32.4. The van der Waals surface area contributed by atoms with E-state index < -0.39 is 12.0 Å². The van der Waals surface area contributed by atoms with Gasteiger partial charge in [0.1, 0.15) is 12.4 Å². The molecule has 222 valence electrons. The van der Waals surface area contributed by atoms with Crippen LogP contribution in [0.5, 0.6) is 17.2 Å². The third kappa shape index (κ3) is 6.20. The number of halogens is 2. The fourth-order valence-electron chi connectivity index (χ4n) is 4.80. The lowest BCUT2D eigenvalue weighted by Gasteiger charge is -2.25. The van der Waals surface area contributed by atoms with Crippen molar-refractivity contribution in [1.29, 1.82) is 0 Å². The first-order chi connectivity index (χ1) is 20.7. The molecule has 3 aromatic carbocycles. The first-order valence-electron chi connectivity index (χ1n) is 13.3. The van der Waals surface area contributed by atoms with E-state index in [-0.39, 0.29) is 24.3 Å². The quantitative estimate of drug-likeness (QED) is 0.219. The number of esters is 1. The highest BCUT2D eigenvalue weighted by Gasteiger charge is 2.34. The Morgan fingerprint density at radius 3 is 2.51 bits per heavy atom. The molecule has 0 N–H and O–H groups in total. The first kappa shape index (κ1) is 30.4. The molecule has 1 atom stereocenters. The molecule has 0 bridgehead atoms. The number of thiazole rings is 1. The number of rotatable bonds is 9. The fourth-order valence-corrected chi connectivity index (χ4v) is 6.30. The van der Waals surface area contributed by atoms with E-state index in [1.54, 1.807) is 57.4 Å². The van der Waals surface area contributed by atoms with Gasteiger partial charge >= 0.3 is 5.97 Å². The SMILES string of the molecule is CCOC(=O)C1=C(C)N=c2sc(=Cc3ccccc3OCc3ccc(Cl)cc3Cl)c(=O)n2C1c1ccc(OC)c(OC)c1. The van der Waals surface area contributed by atoms with Crippen molar-refractivity contribution >= 4 is 46.6 Å². The maximum Gasteiger partial charge on any atom is 0.338 e. The summed E-state index contributed by atoms with van der Waals surface area (Å²) in [6.07, 6.45) is 1.76. The lowest BCUT2D eigenvalue weighted by molar-refractivity contribution is -0.139. The monoisotopic (exact) mass is 638 g/mol. The highest BCUT2D eigenvalue weighted by atomic mass is 35.5. The van der Waals surface area contributed by atoms with Crippen LogP contribution in [0, 0.1) is 0 Å². The Morgan fingerprint density at radius 1 is 1.02 bits per heavy atom. The van der Waals surface area contributed by atoms with E-state index in [9.17, 15) is 9.59 Å². The first-order valence-corrected chi connectivity index (χ1v) is 14.9. The molecular formula is C32H28Cl2N2O6S. The zero-order chi connectivity index (χ0) is 30.7. The highest BCUT2D eigenvalue weighted by molar-refractivity contribution is 7.07. The molecule has 0 radical (unpaired) electrons. The molecular weight excluding hydrogens is 611 g/mol. The summed E-state index contributed by atoms with van der Waals surface area (Å²) in [5, 5.41) is 1.04. The molecule has 5 rings (SSSR count). The summed E-state index contributed by atoms with van der Waals surface area (Å²) < 4.78 is 24.4. The predicted octanol–water partition coefficient (Wildman–Crippen LogP) is 5.70. The summed E-state index contributed by atoms with van der Waals surface area (Å²) in [5.74, 6) is 1.01. The average molecular weight is 640 g/mol. The molecule has 1 aliphatic heterocycles. The fraction of sp³-hybridized carbons (Fsp3) is 0.219. The number of hydrogen-bond acceptors (Lipinski definition) is 8. The van der Waals surface area contributed by atoms with Crippen LogP contribution in [0.25, 0.3) is 6.08 Å². The van der Waals surface area contributed by atoms with E-state index in [1.165, 1.54) is 23.0 Å². The Labute approximate surface area is 262 Å². The molecule has 0 fully saturated rings. The maximum absolute atomic E-state index is 14.1. The summed E-state index contributed by atoms with van der Waals surface area (Å²) in [6, 6.07) is 17.1. The van der Waals surface area contributed by atoms with Gasteiger partial charge in [0.2, 0.25) is 0 Å². The molecule has 0 spiro atoms. The Morgan fingerprint density at radius 2 is 1.79 bits per heavy atom. The van der Waals surface area contributed by atoms with Crippen molar-refractivity contribution in [2.24, 2.45) is 4.99 Å². The largest absolute Gasteiger partial charge is 0.493 e. The lowest BCUT2D eigenvalue weighted by atomic mass is 9.95. The normalized spacial score (nSPS) is 14.7. The summed E-state index contributed by atoms with van der Waals surface area (Å²) in [6.45, 7) is 3.86. The number of para-hydroxylation sites is 1. The van der Waals surface area contributed by atoms with Crippen LogP contribution >= 0.6 is 34.5 Å². The molecule has 2 heterocycles. The third-order valence-electron chi connectivity index (χ3n) is 6.84. The van der Waals surface area contributed by atoms with Crippen molar-refractivity contribution in [3.8, 4) is 17.2 Å². The number of aromatic nitrogens is 1. The minimum Gasteiger partial charge on any atom is -0.493 e. The molecule has 0 saturated carbocycles. The van der Waals surface area contributed by atoms with Gasteiger partial charge in [-0.3, -0.25) is 9.36 Å². The van der Waals surface area contributed by atoms with Crippen LogP contribution in [0.2, 0.25) is 10.0 Å². The Hall–Kier alpha value is -4.05. The molecule has 0 amide bonds. The summed E-state index contributed by atoms with van der Waals surface area (Å²) in [7, 11) is 3.07. The van der Waals surface area contributed by atoms with E-state index in [0.29, 0.717) is 53.5 Å². The van der Waals surface area contributed by atoms with Crippen LogP contribution in [0.15, 0.2) is 81.7 Å². The number of allylic oxidation sites excluding steroid dienone is 1. The van der Waals surface area contributed by atoms with Crippen LogP contribution < -0.4 is 29.1 Å². The van der Waals surface area contributed by atoms with Crippen LogP contribution in [0.3, 0.4) is 0 Å². The van der Waals surface area contributed by atoms with Crippen LogP contribution in [0.1, 0.15) is 36.6 Å². The Kier molecular flexibility index (Phi) is 9.25. The number of ether oxygens (including phenoxy) is 4. The molecule has 43 heavy (non-hydrogen) atoms. The van der Waals surface area contributed by atoms with Crippen LogP contribution in [-0.2, 0) is 16.1 Å². The van der Waals surface area contributed by atoms with Gasteiger partial charge in [0.25, 0.3) is 5.56 Å². The van der Waals surface area contributed by atoms with E-state index >= 15 is 0 Å². The van der Waals surface area contributed by atoms with Gasteiger partial charge in [-0.05, 0) is 55.8 Å².